The van der Waals surface area contributed by atoms with Crippen molar-refractivity contribution in [2.75, 3.05) is 6.54 Å². The molecule has 0 radical (unpaired) electrons. The van der Waals surface area contributed by atoms with Crippen LogP contribution in [0.3, 0.4) is 0 Å². The highest BCUT2D eigenvalue weighted by molar-refractivity contribution is 7.14. The number of aryl methyl sites for hydroxylation is 2. The quantitative estimate of drug-likeness (QED) is 0.859. The van der Waals surface area contributed by atoms with Crippen LogP contribution in [0.15, 0.2) is 6.07 Å². The van der Waals surface area contributed by atoms with Gasteiger partial charge in [0.15, 0.2) is 0 Å². The molecule has 1 aromatic heterocycles. The lowest BCUT2D eigenvalue weighted by atomic mass is 10.00. The van der Waals surface area contributed by atoms with Crippen LogP contribution in [0, 0.1) is 0 Å². The van der Waals surface area contributed by atoms with Gasteiger partial charge in [-0.1, -0.05) is 0 Å². The van der Waals surface area contributed by atoms with Gasteiger partial charge in [-0.2, -0.15) is 0 Å². The normalized spacial score (nSPS) is 26.9. The molecular formula is C14H20N2OS. The third kappa shape index (κ3) is 2.31. The number of rotatable bonds is 2. The van der Waals surface area contributed by atoms with Gasteiger partial charge in [-0.05, 0) is 57.2 Å². The molecule has 2 unspecified atom stereocenters. The molecule has 18 heavy (non-hydrogen) atoms. The minimum absolute atomic E-state index is 0.120. The first-order valence-electron chi connectivity index (χ1n) is 6.90. The van der Waals surface area contributed by atoms with Crippen molar-refractivity contribution in [1.82, 2.24) is 10.6 Å². The maximum atomic E-state index is 12.2. The van der Waals surface area contributed by atoms with Crippen LogP contribution in [0.4, 0.5) is 0 Å². The molecule has 1 saturated heterocycles. The molecule has 0 spiro atoms. The van der Waals surface area contributed by atoms with Gasteiger partial charge in [0.25, 0.3) is 5.91 Å². The molecule has 3 rings (SSSR count). The zero-order chi connectivity index (χ0) is 12.5. The van der Waals surface area contributed by atoms with Crippen molar-refractivity contribution in [3.8, 4) is 0 Å². The molecule has 2 atom stereocenters. The summed E-state index contributed by atoms with van der Waals surface area (Å²) in [5.74, 6) is 0.120. The van der Waals surface area contributed by atoms with E-state index >= 15 is 0 Å². The maximum absolute atomic E-state index is 12.2. The van der Waals surface area contributed by atoms with Crippen molar-refractivity contribution in [3.63, 3.8) is 0 Å². The van der Waals surface area contributed by atoms with Crippen molar-refractivity contribution in [1.29, 1.82) is 0 Å². The monoisotopic (exact) mass is 264 g/mol. The van der Waals surface area contributed by atoms with E-state index in [1.807, 2.05) is 0 Å². The number of amides is 1. The van der Waals surface area contributed by atoms with E-state index in [1.165, 1.54) is 16.9 Å². The molecule has 1 amide bonds. The Morgan fingerprint density at radius 2 is 2.33 bits per heavy atom. The van der Waals surface area contributed by atoms with Gasteiger partial charge >= 0.3 is 0 Å². The molecule has 0 saturated carbocycles. The summed E-state index contributed by atoms with van der Waals surface area (Å²) in [5.41, 5.74) is 1.40. The second-order valence-electron chi connectivity index (χ2n) is 5.38. The molecule has 4 heteroatoms. The lowest BCUT2D eigenvalue weighted by Crippen LogP contribution is -2.51. The lowest BCUT2D eigenvalue weighted by molar-refractivity contribution is 0.0924. The van der Waals surface area contributed by atoms with E-state index < -0.39 is 0 Å². The van der Waals surface area contributed by atoms with Crippen molar-refractivity contribution >= 4 is 17.2 Å². The number of piperidine rings is 1. The number of carbonyl (C=O) groups excluding carboxylic acids is 1. The van der Waals surface area contributed by atoms with Crippen LogP contribution in [-0.2, 0) is 12.8 Å². The Morgan fingerprint density at radius 3 is 3.11 bits per heavy atom. The average Bonchev–Trinajstić information content (AvgIpc) is 2.92. The van der Waals surface area contributed by atoms with Crippen molar-refractivity contribution in [2.24, 2.45) is 0 Å². The number of thiophene rings is 1. The van der Waals surface area contributed by atoms with Gasteiger partial charge in [0.2, 0.25) is 0 Å². The molecule has 3 nitrogen and oxygen atoms in total. The first kappa shape index (κ1) is 12.2. The smallest absolute Gasteiger partial charge is 0.261 e. The van der Waals surface area contributed by atoms with Crippen molar-refractivity contribution in [2.45, 2.75) is 51.1 Å². The van der Waals surface area contributed by atoms with E-state index in [-0.39, 0.29) is 11.9 Å². The highest BCUT2D eigenvalue weighted by Crippen LogP contribution is 2.30. The minimum atomic E-state index is 0.120. The molecule has 2 N–H and O–H groups in total. The first-order chi connectivity index (χ1) is 8.74. The fourth-order valence-corrected chi connectivity index (χ4v) is 4.08. The minimum Gasteiger partial charge on any atom is -0.347 e. The van der Waals surface area contributed by atoms with Gasteiger partial charge in [0, 0.05) is 17.0 Å². The second kappa shape index (κ2) is 5.02. The van der Waals surface area contributed by atoms with Crippen molar-refractivity contribution in [3.05, 3.63) is 21.4 Å². The first-order valence-corrected chi connectivity index (χ1v) is 7.71. The molecule has 1 aliphatic carbocycles. The van der Waals surface area contributed by atoms with Gasteiger partial charge in [-0.15, -0.1) is 11.3 Å². The van der Waals surface area contributed by atoms with Gasteiger partial charge in [-0.25, -0.2) is 0 Å². The summed E-state index contributed by atoms with van der Waals surface area (Å²) in [5, 5.41) is 6.60. The molecular weight excluding hydrogens is 244 g/mol. The molecule has 2 heterocycles. The Morgan fingerprint density at radius 1 is 1.44 bits per heavy atom. The largest absolute Gasteiger partial charge is 0.347 e. The van der Waals surface area contributed by atoms with Crippen LogP contribution in [-0.4, -0.2) is 24.5 Å². The van der Waals surface area contributed by atoms with E-state index in [0.29, 0.717) is 6.04 Å². The highest BCUT2D eigenvalue weighted by atomic mass is 32.1. The summed E-state index contributed by atoms with van der Waals surface area (Å²) >= 11 is 1.69. The number of hydrogen-bond donors (Lipinski definition) is 2. The maximum Gasteiger partial charge on any atom is 0.261 e. The fraction of sp³-hybridized carbons (Fsp3) is 0.643. The molecule has 1 fully saturated rings. The third-order valence-corrected chi connectivity index (χ3v) is 5.28. The Kier molecular flexibility index (Phi) is 3.39. The summed E-state index contributed by atoms with van der Waals surface area (Å²) < 4.78 is 0. The summed E-state index contributed by atoms with van der Waals surface area (Å²) in [7, 11) is 0. The number of nitrogens with one attached hydrogen (secondary N) is 2. The predicted molar refractivity (Wildman–Crippen MR) is 74.3 cm³/mol. The van der Waals surface area contributed by atoms with E-state index in [9.17, 15) is 4.79 Å². The summed E-state index contributed by atoms with van der Waals surface area (Å²) in [6.07, 6.45) is 5.81. The molecule has 0 aromatic carbocycles. The predicted octanol–water partition coefficient (Wildman–Crippen LogP) is 2.11. The Balaban J connectivity index is 1.66. The van der Waals surface area contributed by atoms with Gasteiger partial charge in [-0.3, -0.25) is 4.79 Å². The molecule has 98 valence electrons. The summed E-state index contributed by atoms with van der Waals surface area (Å²) in [6, 6.07) is 2.76. The average molecular weight is 264 g/mol. The Bertz CT molecular complexity index is 433. The topological polar surface area (TPSA) is 41.1 Å². The van der Waals surface area contributed by atoms with E-state index in [2.05, 4.69) is 23.6 Å². The van der Waals surface area contributed by atoms with Crippen LogP contribution in [0.2, 0.25) is 0 Å². The SMILES string of the molecule is CC1NCCCC1NC(=O)c1cc2c(s1)CCC2. The van der Waals surface area contributed by atoms with E-state index in [4.69, 9.17) is 0 Å². The molecule has 1 aliphatic heterocycles. The van der Waals surface area contributed by atoms with Gasteiger partial charge in [0.1, 0.15) is 0 Å². The standard InChI is InChI=1S/C14H20N2OS/c1-9-11(5-3-7-15-9)16-14(17)13-8-10-4-2-6-12(10)18-13/h8-9,11,15H,2-7H2,1H3,(H,16,17). The van der Waals surface area contributed by atoms with Gasteiger partial charge < -0.3 is 10.6 Å². The number of carbonyl (C=O) groups is 1. The zero-order valence-electron chi connectivity index (χ0n) is 10.8. The molecule has 1 aromatic rings. The van der Waals surface area contributed by atoms with Gasteiger partial charge in [0.05, 0.1) is 4.88 Å². The van der Waals surface area contributed by atoms with E-state index in [1.54, 1.807) is 11.3 Å². The van der Waals surface area contributed by atoms with Crippen LogP contribution in [0.5, 0.6) is 0 Å². The Labute approximate surface area is 112 Å². The highest BCUT2D eigenvalue weighted by Gasteiger charge is 2.24. The van der Waals surface area contributed by atoms with Crippen LogP contribution in [0.25, 0.3) is 0 Å². The van der Waals surface area contributed by atoms with E-state index in [0.717, 1.165) is 37.1 Å². The zero-order valence-corrected chi connectivity index (χ0v) is 11.6. The number of fused-ring (bicyclic) bond motifs is 1. The van der Waals surface area contributed by atoms with Crippen LogP contribution in [0.1, 0.15) is 46.3 Å². The second-order valence-corrected chi connectivity index (χ2v) is 6.51. The third-order valence-electron chi connectivity index (χ3n) is 4.05. The van der Waals surface area contributed by atoms with Crippen molar-refractivity contribution < 1.29 is 4.79 Å². The van der Waals surface area contributed by atoms with Crippen LogP contribution >= 0.6 is 11.3 Å². The molecule has 0 bridgehead atoms. The summed E-state index contributed by atoms with van der Waals surface area (Å²) in [4.78, 5) is 14.6. The molecule has 2 aliphatic rings. The lowest BCUT2D eigenvalue weighted by Gasteiger charge is -2.30. The fourth-order valence-electron chi connectivity index (χ4n) is 2.92. The Hall–Kier alpha value is -0.870. The van der Waals surface area contributed by atoms with Crippen LogP contribution < -0.4 is 10.6 Å². The number of hydrogen-bond acceptors (Lipinski definition) is 3. The summed E-state index contributed by atoms with van der Waals surface area (Å²) in [6.45, 7) is 3.22.